The van der Waals surface area contributed by atoms with Crippen LogP contribution in [0.4, 0.5) is 13.2 Å². The molecule has 2 nitrogen and oxygen atoms in total. The van der Waals surface area contributed by atoms with E-state index < -0.39 is 11.7 Å². The molecule has 0 aliphatic carbocycles. The second kappa shape index (κ2) is 5.23. The summed E-state index contributed by atoms with van der Waals surface area (Å²) in [5.74, 6) is 0. The normalized spacial score (nSPS) is 11.5. The first-order chi connectivity index (χ1) is 10.5. The molecule has 2 aromatic carbocycles. The Balaban J connectivity index is 2.33. The lowest BCUT2D eigenvalue weighted by Gasteiger charge is -2.14. The fourth-order valence-corrected chi connectivity index (χ4v) is 2.67. The van der Waals surface area contributed by atoms with Gasteiger partial charge in [-0.15, -0.1) is 0 Å². The number of aromatic amines is 1. The number of aromatic nitrogens is 1. The quantitative estimate of drug-likeness (QED) is 0.717. The summed E-state index contributed by atoms with van der Waals surface area (Å²) < 4.78 is 39.7. The van der Waals surface area contributed by atoms with Gasteiger partial charge in [0.05, 0.1) is 18.1 Å². The number of H-pyrrole nitrogens is 1. The van der Waals surface area contributed by atoms with E-state index in [4.69, 9.17) is 5.26 Å². The molecule has 0 unspecified atom stereocenters. The number of rotatable bonds is 2. The van der Waals surface area contributed by atoms with Crippen LogP contribution in [0.3, 0.4) is 0 Å². The van der Waals surface area contributed by atoms with Crippen molar-refractivity contribution in [3.05, 3.63) is 59.8 Å². The SMILES string of the molecule is N#CCc1c[nH]c2cccc(-c3ccccc3C(F)(F)F)c12. The summed E-state index contributed by atoms with van der Waals surface area (Å²) >= 11 is 0. The minimum absolute atomic E-state index is 0.124. The summed E-state index contributed by atoms with van der Waals surface area (Å²) in [5, 5.41) is 9.57. The van der Waals surface area contributed by atoms with Crippen LogP contribution in [0.1, 0.15) is 11.1 Å². The highest BCUT2D eigenvalue weighted by molar-refractivity contribution is 5.98. The highest BCUT2D eigenvalue weighted by Crippen LogP contribution is 2.40. The average molecular weight is 300 g/mol. The van der Waals surface area contributed by atoms with Crippen molar-refractivity contribution in [3.8, 4) is 17.2 Å². The third-order valence-corrected chi connectivity index (χ3v) is 3.58. The first-order valence-electron chi connectivity index (χ1n) is 6.65. The van der Waals surface area contributed by atoms with E-state index >= 15 is 0 Å². The molecule has 3 aromatic rings. The molecule has 110 valence electrons. The molecule has 0 radical (unpaired) electrons. The molecule has 0 amide bonds. The summed E-state index contributed by atoms with van der Waals surface area (Å²) in [4.78, 5) is 3.01. The monoisotopic (exact) mass is 300 g/mol. The molecule has 0 atom stereocenters. The number of nitrogens with zero attached hydrogens (tertiary/aromatic N) is 1. The molecular weight excluding hydrogens is 289 g/mol. The van der Waals surface area contributed by atoms with Crippen LogP contribution in [0.25, 0.3) is 22.0 Å². The van der Waals surface area contributed by atoms with E-state index in [2.05, 4.69) is 4.98 Å². The number of fused-ring (bicyclic) bond motifs is 1. The molecular formula is C17H11F3N2. The second-order valence-corrected chi connectivity index (χ2v) is 4.92. The van der Waals surface area contributed by atoms with E-state index in [1.807, 2.05) is 6.07 Å². The molecule has 5 heteroatoms. The number of halogens is 3. The minimum atomic E-state index is -4.43. The van der Waals surface area contributed by atoms with Gasteiger partial charge in [-0.1, -0.05) is 30.3 Å². The van der Waals surface area contributed by atoms with Crippen molar-refractivity contribution < 1.29 is 13.2 Å². The van der Waals surface area contributed by atoms with Crippen molar-refractivity contribution in [1.29, 1.82) is 5.26 Å². The summed E-state index contributed by atoms with van der Waals surface area (Å²) in [5.41, 5.74) is 1.35. The van der Waals surface area contributed by atoms with Crippen LogP contribution >= 0.6 is 0 Å². The number of hydrogen-bond donors (Lipinski definition) is 1. The molecule has 3 rings (SSSR count). The summed E-state index contributed by atoms with van der Waals surface area (Å²) in [6.45, 7) is 0. The molecule has 0 aliphatic rings. The fraction of sp³-hybridized carbons (Fsp3) is 0.118. The number of benzene rings is 2. The van der Waals surface area contributed by atoms with E-state index in [-0.39, 0.29) is 12.0 Å². The van der Waals surface area contributed by atoms with E-state index in [9.17, 15) is 13.2 Å². The van der Waals surface area contributed by atoms with Crippen molar-refractivity contribution in [1.82, 2.24) is 4.98 Å². The Kier molecular flexibility index (Phi) is 3.38. The largest absolute Gasteiger partial charge is 0.417 e. The smallest absolute Gasteiger partial charge is 0.361 e. The van der Waals surface area contributed by atoms with Crippen molar-refractivity contribution >= 4 is 10.9 Å². The first-order valence-corrected chi connectivity index (χ1v) is 6.65. The van der Waals surface area contributed by atoms with Gasteiger partial charge in [0, 0.05) is 17.1 Å². The van der Waals surface area contributed by atoms with Crippen LogP contribution in [0.5, 0.6) is 0 Å². The molecule has 0 saturated carbocycles. The van der Waals surface area contributed by atoms with Crippen molar-refractivity contribution in [3.63, 3.8) is 0 Å². The summed E-state index contributed by atoms with van der Waals surface area (Å²) in [6, 6.07) is 12.7. The Labute approximate surface area is 124 Å². The van der Waals surface area contributed by atoms with Crippen LogP contribution in [-0.2, 0) is 12.6 Å². The lowest BCUT2D eigenvalue weighted by atomic mass is 9.94. The van der Waals surface area contributed by atoms with Gasteiger partial charge in [-0.2, -0.15) is 18.4 Å². The molecule has 22 heavy (non-hydrogen) atoms. The standard InChI is InChI=1S/C17H11F3N2/c18-17(19,20)14-6-2-1-4-12(14)13-5-3-7-15-16(13)11(8-9-21)10-22-15/h1-7,10,22H,8H2. The van der Waals surface area contributed by atoms with Gasteiger partial charge in [0.2, 0.25) is 0 Å². The average Bonchev–Trinajstić information content (AvgIpc) is 2.90. The van der Waals surface area contributed by atoms with Gasteiger partial charge >= 0.3 is 6.18 Å². The highest BCUT2D eigenvalue weighted by Gasteiger charge is 2.33. The zero-order chi connectivity index (χ0) is 15.7. The van der Waals surface area contributed by atoms with Gasteiger partial charge in [0.15, 0.2) is 0 Å². The van der Waals surface area contributed by atoms with Crippen LogP contribution in [0.15, 0.2) is 48.7 Å². The van der Waals surface area contributed by atoms with Gasteiger partial charge < -0.3 is 4.98 Å². The predicted molar refractivity (Wildman–Crippen MR) is 78.1 cm³/mol. The topological polar surface area (TPSA) is 39.6 Å². The Bertz CT molecular complexity index is 869. The van der Waals surface area contributed by atoms with Crippen molar-refractivity contribution in [2.45, 2.75) is 12.6 Å². The van der Waals surface area contributed by atoms with Crippen molar-refractivity contribution in [2.24, 2.45) is 0 Å². The zero-order valence-electron chi connectivity index (χ0n) is 11.4. The fourth-order valence-electron chi connectivity index (χ4n) is 2.67. The van der Waals surface area contributed by atoms with Crippen molar-refractivity contribution in [2.75, 3.05) is 0 Å². The number of nitrogens with one attached hydrogen (secondary N) is 1. The molecule has 0 spiro atoms. The van der Waals surface area contributed by atoms with E-state index in [0.29, 0.717) is 16.5 Å². The molecule has 0 bridgehead atoms. The number of nitriles is 1. The van der Waals surface area contributed by atoms with Crippen LogP contribution in [0, 0.1) is 11.3 Å². The lowest BCUT2D eigenvalue weighted by molar-refractivity contribution is -0.137. The molecule has 0 saturated heterocycles. The zero-order valence-corrected chi connectivity index (χ0v) is 11.4. The molecule has 0 fully saturated rings. The molecule has 0 aliphatic heterocycles. The Hall–Kier alpha value is -2.74. The second-order valence-electron chi connectivity index (χ2n) is 4.92. The molecule has 1 N–H and O–H groups in total. The van der Waals surface area contributed by atoms with E-state index in [1.54, 1.807) is 30.5 Å². The van der Waals surface area contributed by atoms with Crippen LogP contribution in [-0.4, -0.2) is 4.98 Å². The first kappa shape index (κ1) is 14.2. The summed E-state index contributed by atoms with van der Waals surface area (Å²) in [7, 11) is 0. The van der Waals surface area contributed by atoms with E-state index in [0.717, 1.165) is 11.6 Å². The Morgan fingerprint density at radius 2 is 1.73 bits per heavy atom. The maximum absolute atomic E-state index is 13.2. The van der Waals surface area contributed by atoms with Gasteiger partial charge in [-0.25, -0.2) is 0 Å². The van der Waals surface area contributed by atoms with Gasteiger partial charge in [0.1, 0.15) is 0 Å². The van der Waals surface area contributed by atoms with E-state index in [1.165, 1.54) is 12.1 Å². The predicted octanol–water partition coefficient (Wildman–Crippen LogP) is 4.92. The minimum Gasteiger partial charge on any atom is -0.361 e. The maximum atomic E-state index is 13.2. The lowest BCUT2D eigenvalue weighted by Crippen LogP contribution is -2.07. The number of alkyl halides is 3. The Morgan fingerprint density at radius 3 is 2.45 bits per heavy atom. The Morgan fingerprint density at radius 1 is 1.00 bits per heavy atom. The van der Waals surface area contributed by atoms with Crippen LogP contribution in [0.2, 0.25) is 0 Å². The molecule has 1 heterocycles. The number of hydrogen-bond acceptors (Lipinski definition) is 1. The maximum Gasteiger partial charge on any atom is 0.417 e. The third kappa shape index (κ3) is 2.33. The molecule has 1 aromatic heterocycles. The van der Waals surface area contributed by atoms with Gasteiger partial charge in [0.25, 0.3) is 0 Å². The third-order valence-electron chi connectivity index (χ3n) is 3.58. The van der Waals surface area contributed by atoms with Gasteiger partial charge in [-0.05, 0) is 28.8 Å². The summed E-state index contributed by atoms with van der Waals surface area (Å²) in [6.07, 6.45) is -2.61. The van der Waals surface area contributed by atoms with Gasteiger partial charge in [-0.3, -0.25) is 0 Å². The van der Waals surface area contributed by atoms with Crippen LogP contribution < -0.4 is 0 Å². The highest BCUT2D eigenvalue weighted by atomic mass is 19.4.